The SMILES string of the molecule is c1ccc2c(c1)CCC(c1cnccn1)C2. The number of benzene rings is 1. The summed E-state index contributed by atoms with van der Waals surface area (Å²) in [4.78, 5) is 8.57. The van der Waals surface area contributed by atoms with E-state index in [-0.39, 0.29) is 0 Å². The lowest BCUT2D eigenvalue weighted by Crippen LogP contribution is -2.13. The Balaban J connectivity index is 1.89. The summed E-state index contributed by atoms with van der Waals surface area (Å²) in [6.07, 6.45) is 8.89. The predicted octanol–water partition coefficient (Wildman–Crippen LogP) is 2.75. The zero-order chi connectivity index (χ0) is 10.8. The zero-order valence-corrected chi connectivity index (χ0v) is 9.13. The van der Waals surface area contributed by atoms with Crippen LogP contribution in [0.3, 0.4) is 0 Å². The maximum atomic E-state index is 4.41. The normalized spacial score (nSPS) is 19.1. The van der Waals surface area contributed by atoms with Crippen LogP contribution in [0.4, 0.5) is 0 Å². The predicted molar refractivity (Wildman–Crippen MR) is 63.2 cm³/mol. The third-order valence-corrected chi connectivity index (χ3v) is 3.35. The lowest BCUT2D eigenvalue weighted by molar-refractivity contribution is 0.569. The highest BCUT2D eigenvalue weighted by molar-refractivity contribution is 5.31. The number of aryl methyl sites for hydroxylation is 1. The van der Waals surface area contributed by atoms with E-state index in [0.717, 1.165) is 18.5 Å². The molecule has 1 aromatic carbocycles. The topological polar surface area (TPSA) is 25.8 Å². The van der Waals surface area contributed by atoms with Crippen LogP contribution >= 0.6 is 0 Å². The van der Waals surface area contributed by atoms with Crippen LogP contribution in [-0.2, 0) is 12.8 Å². The van der Waals surface area contributed by atoms with Crippen molar-refractivity contribution >= 4 is 0 Å². The molecule has 1 atom stereocenters. The molecule has 2 aromatic rings. The van der Waals surface area contributed by atoms with Crippen molar-refractivity contribution < 1.29 is 0 Å². The van der Waals surface area contributed by atoms with Gasteiger partial charge in [-0.3, -0.25) is 9.97 Å². The summed E-state index contributed by atoms with van der Waals surface area (Å²) in [5.41, 5.74) is 4.11. The molecule has 0 saturated heterocycles. The van der Waals surface area contributed by atoms with E-state index in [9.17, 15) is 0 Å². The molecule has 0 fully saturated rings. The van der Waals surface area contributed by atoms with E-state index in [1.54, 1.807) is 12.4 Å². The fourth-order valence-corrected chi connectivity index (χ4v) is 2.47. The molecule has 0 N–H and O–H groups in total. The van der Waals surface area contributed by atoms with Crippen LogP contribution in [0.25, 0.3) is 0 Å². The first kappa shape index (κ1) is 9.52. The molecule has 80 valence electrons. The van der Waals surface area contributed by atoms with Crippen LogP contribution in [0.1, 0.15) is 29.2 Å². The van der Waals surface area contributed by atoms with Crippen molar-refractivity contribution in [2.24, 2.45) is 0 Å². The van der Waals surface area contributed by atoms with Crippen LogP contribution in [0.2, 0.25) is 0 Å². The molecule has 0 amide bonds. The van der Waals surface area contributed by atoms with Gasteiger partial charge in [0.05, 0.1) is 5.69 Å². The average molecular weight is 210 g/mol. The minimum atomic E-state index is 0.545. The van der Waals surface area contributed by atoms with Crippen LogP contribution in [0, 0.1) is 0 Å². The van der Waals surface area contributed by atoms with Crippen molar-refractivity contribution in [1.29, 1.82) is 0 Å². The van der Waals surface area contributed by atoms with Gasteiger partial charge in [0.25, 0.3) is 0 Å². The minimum Gasteiger partial charge on any atom is -0.261 e. The molecule has 16 heavy (non-hydrogen) atoms. The molecule has 0 radical (unpaired) electrons. The third-order valence-electron chi connectivity index (χ3n) is 3.35. The first-order valence-corrected chi connectivity index (χ1v) is 5.76. The molecule has 2 heteroatoms. The van der Waals surface area contributed by atoms with Crippen LogP contribution in [-0.4, -0.2) is 9.97 Å². The number of fused-ring (bicyclic) bond motifs is 1. The van der Waals surface area contributed by atoms with Crippen LogP contribution < -0.4 is 0 Å². The Morgan fingerprint density at radius 2 is 1.94 bits per heavy atom. The second-order valence-corrected chi connectivity index (χ2v) is 4.34. The molecule has 1 aromatic heterocycles. The molecule has 1 heterocycles. The second kappa shape index (κ2) is 4.05. The summed E-state index contributed by atoms with van der Waals surface area (Å²) in [5, 5.41) is 0. The Hall–Kier alpha value is -1.70. The fraction of sp³-hybridized carbons (Fsp3) is 0.286. The molecule has 3 rings (SSSR count). The lowest BCUT2D eigenvalue weighted by atomic mass is 9.82. The first-order chi connectivity index (χ1) is 7.93. The van der Waals surface area contributed by atoms with Gasteiger partial charge in [0.1, 0.15) is 0 Å². The van der Waals surface area contributed by atoms with Crippen LogP contribution in [0.5, 0.6) is 0 Å². The van der Waals surface area contributed by atoms with E-state index in [0.29, 0.717) is 5.92 Å². The van der Waals surface area contributed by atoms with Gasteiger partial charge in [0, 0.05) is 24.5 Å². The number of rotatable bonds is 1. The van der Waals surface area contributed by atoms with E-state index in [2.05, 4.69) is 34.2 Å². The van der Waals surface area contributed by atoms with Gasteiger partial charge in [-0.15, -0.1) is 0 Å². The molecule has 1 unspecified atom stereocenters. The monoisotopic (exact) mass is 210 g/mol. The average Bonchev–Trinajstić information content (AvgIpc) is 2.39. The summed E-state index contributed by atoms with van der Waals surface area (Å²) in [7, 11) is 0. The number of nitrogens with zero attached hydrogens (tertiary/aromatic N) is 2. The van der Waals surface area contributed by atoms with Gasteiger partial charge in [-0.25, -0.2) is 0 Å². The van der Waals surface area contributed by atoms with E-state index in [1.807, 2.05) is 6.20 Å². The van der Waals surface area contributed by atoms with E-state index in [1.165, 1.54) is 17.5 Å². The molecular weight excluding hydrogens is 196 g/mol. The van der Waals surface area contributed by atoms with Crippen molar-refractivity contribution in [1.82, 2.24) is 9.97 Å². The Labute approximate surface area is 95.4 Å². The van der Waals surface area contributed by atoms with Gasteiger partial charge in [-0.2, -0.15) is 0 Å². The van der Waals surface area contributed by atoms with E-state index >= 15 is 0 Å². The first-order valence-electron chi connectivity index (χ1n) is 5.76. The lowest BCUT2D eigenvalue weighted by Gasteiger charge is -2.23. The third kappa shape index (κ3) is 1.71. The molecule has 1 aliphatic carbocycles. The minimum absolute atomic E-state index is 0.545. The van der Waals surface area contributed by atoms with Gasteiger partial charge in [0.2, 0.25) is 0 Å². The Kier molecular flexibility index (Phi) is 2.41. The van der Waals surface area contributed by atoms with Crippen molar-refractivity contribution in [2.45, 2.75) is 25.2 Å². The van der Waals surface area contributed by atoms with Gasteiger partial charge in [0.15, 0.2) is 0 Å². The maximum absolute atomic E-state index is 4.41. The van der Waals surface area contributed by atoms with Crippen molar-refractivity contribution in [3.05, 3.63) is 59.7 Å². The summed E-state index contributed by atoms with van der Waals surface area (Å²) in [6, 6.07) is 8.72. The maximum Gasteiger partial charge on any atom is 0.0620 e. The van der Waals surface area contributed by atoms with E-state index < -0.39 is 0 Å². The highest BCUT2D eigenvalue weighted by atomic mass is 14.8. The zero-order valence-electron chi connectivity index (χ0n) is 9.13. The van der Waals surface area contributed by atoms with Crippen LogP contribution in [0.15, 0.2) is 42.9 Å². The summed E-state index contributed by atoms with van der Waals surface area (Å²) < 4.78 is 0. The molecular formula is C14H14N2. The standard InChI is InChI=1S/C14H14N2/c1-2-4-12-9-13(6-5-11(12)3-1)14-10-15-7-8-16-14/h1-4,7-8,10,13H,5-6,9H2. The summed E-state index contributed by atoms with van der Waals surface area (Å²) >= 11 is 0. The molecule has 0 bridgehead atoms. The molecule has 0 aliphatic heterocycles. The molecule has 2 nitrogen and oxygen atoms in total. The Morgan fingerprint density at radius 3 is 2.75 bits per heavy atom. The molecule has 0 saturated carbocycles. The fourth-order valence-electron chi connectivity index (χ4n) is 2.47. The second-order valence-electron chi connectivity index (χ2n) is 4.34. The number of hydrogen-bond acceptors (Lipinski definition) is 2. The number of aromatic nitrogens is 2. The van der Waals surface area contributed by atoms with Gasteiger partial charge >= 0.3 is 0 Å². The highest BCUT2D eigenvalue weighted by Gasteiger charge is 2.20. The van der Waals surface area contributed by atoms with Crippen molar-refractivity contribution in [3.63, 3.8) is 0 Å². The quantitative estimate of drug-likeness (QED) is 0.723. The Bertz CT molecular complexity index is 479. The van der Waals surface area contributed by atoms with Gasteiger partial charge in [-0.1, -0.05) is 24.3 Å². The van der Waals surface area contributed by atoms with Crippen molar-refractivity contribution in [3.8, 4) is 0 Å². The highest BCUT2D eigenvalue weighted by Crippen LogP contribution is 2.30. The smallest absolute Gasteiger partial charge is 0.0620 e. The largest absolute Gasteiger partial charge is 0.261 e. The molecule has 1 aliphatic rings. The number of hydrogen-bond donors (Lipinski definition) is 0. The molecule has 0 spiro atoms. The van der Waals surface area contributed by atoms with E-state index in [4.69, 9.17) is 0 Å². The Morgan fingerprint density at radius 1 is 1.06 bits per heavy atom. The summed E-state index contributed by atoms with van der Waals surface area (Å²) in [6.45, 7) is 0. The summed E-state index contributed by atoms with van der Waals surface area (Å²) in [5.74, 6) is 0.545. The van der Waals surface area contributed by atoms with Crippen molar-refractivity contribution in [2.75, 3.05) is 0 Å². The van der Waals surface area contributed by atoms with Gasteiger partial charge < -0.3 is 0 Å². The van der Waals surface area contributed by atoms with Gasteiger partial charge in [-0.05, 0) is 30.4 Å².